The maximum Gasteiger partial charge on any atom is 0.243 e. The van der Waals surface area contributed by atoms with E-state index in [-0.39, 0.29) is 22.6 Å². The Bertz CT molecular complexity index is 905. The number of sulfonamides is 1. The van der Waals surface area contributed by atoms with Crippen LogP contribution in [0.1, 0.15) is 37.6 Å². The molecule has 2 heterocycles. The minimum Gasteiger partial charge on any atom is -0.300 e. The molecule has 1 aliphatic rings. The van der Waals surface area contributed by atoms with Gasteiger partial charge in [-0.05, 0) is 37.1 Å². The number of amides is 1. The predicted molar refractivity (Wildman–Crippen MR) is 106 cm³/mol. The highest BCUT2D eigenvalue weighted by atomic mass is 35.5. The molecular weight excluding hydrogens is 408 g/mol. The van der Waals surface area contributed by atoms with Crippen molar-refractivity contribution >= 4 is 44.0 Å². The van der Waals surface area contributed by atoms with Gasteiger partial charge in [-0.2, -0.15) is 4.31 Å². The first-order valence-electron chi connectivity index (χ1n) is 8.67. The number of nitrogens with one attached hydrogen (secondary N) is 1. The molecule has 2 aromatic rings. The van der Waals surface area contributed by atoms with Crippen molar-refractivity contribution in [3.05, 3.63) is 34.3 Å². The number of halogens is 1. The maximum atomic E-state index is 12.7. The van der Waals surface area contributed by atoms with Gasteiger partial charge in [0.1, 0.15) is 5.01 Å². The van der Waals surface area contributed by atoms with Crippen LogP contribution in [0.15, 0.2) is 29.2 Å². The normalized spacial score (nSPS) is 16.6. The second kappa shape index (κ2) is 8.22. The molecule has 0 unspecified atom stereocenters. The molecule has 0 aliphatic carbocycles. The van der Waals surface area contributed by atoms with E-state index in [1.165, 1.54) is 27.8 Å². The third kappa shape index (κ3) is 4.66. The number of carbonyl (C=O) groups excluding carboxylic acids is 1. The summed E-state index contributed by atoms with van der Waals surface area (Å²) in [5.41, 5.74) is 0. The van der Waals surface area contributed by atoms with Gasteiger partial charge in [-0.3, -0.25) is 4.79 Å². The van der Waals surface area contributed by atoms with Crippen LogP contribution in [-0.2, 0) is 14.8 Å². The van der Waals surface area contributed by atoms with Gasteiger partial charge in [-0.1, -0.05) is 36.8 Å². The largest absolute Gasteiger partial charge is 0.300 e. The number of benzene rings is 1. The Kier molecular flexibility index (Phi) is 6.15. The summed E-state index contributed by atoms with van der Waals surface area (Å²) >= 11 is 7.19. The highest BCUT2D eigenvalue weighted by Gasteiger charge is 2.32. The van der Waals surface area contributed by atoms with E-state index in [0.717, 1.165) is 5.01 Å². The third-order valence-electron chi connectivity index (χ3n) is 4.44. The van der Waals surface area contributed by atoms with Gasteiger partial charge in [0.25, 0.3) is 0 Å². The van der Waals surface area contributed by atoms with Crippen LogP contribution in [0.4, 0.5) is 5.13 Å². The lowest BCUT2D eigenvalue weighted by atomic mass is 9.97. The molecule has 0 atom stereocenters. The van der Waals surface area contributed by atoms with Gasteiger partial charge in [0.15, 0.2) is 0 Å². The molecule has 1 saturated heterocycles. The number of hydrogen-bond donors (Lipinski definition) is 1. The molecule has 0 radical (unpaired) electrons. The van der Waals surface area contributed by atoms with Crippen LogP contribution in [-0.4, -0.2) is 41.9 Å². The summed E-state index contributed by atoms with van der Waals surface area (Å²) < 4.78 is 26.8. The summed E-state index contributed by atoms with van der Waals surface area (Å²) in [6.45, 7) is 4.64. The molecule has 0 bridgehead atoms. The molecule has 1 aromatic heterocycles. The topological polar surface area (TPSA) is 92.3 Å². The zero-order valence-corrected chi connectivity index (χ0v) is 17.4. The van der Waals surface area contributed by atoms with Crippen LogP contribution in [0.2, 0.25) is 5.02 Å². The van der Waals surface area contributed by atoms with Crippen molar-refractivity contribution in [1.29, 1.82) is 0 Å². The van der Waals surface area contributed by atoms with Crippen molar-refractivity contribution in [2.75, 3.05) is 18.4 Å². The Balaban J connectivity index is 1.59. The average molecular weight is 429 g/mol. The van der Waals surface area contributed by atoms with Crippen molar-refractivity contribution in [3.8, 4) is 0 Å². The molecule has 3 rings (SSSR count). The van der Waals surface area contributed by atoms with E-state index in [2.05, 4.69) is 15.5 Å². The van der Waals surface area contributed by atoms with Crippen LogP contribution in [0, 0.1) is 5.92 Å². The molecule has 0 saturated carbocycles. The van der Waals surface area contributed by atoms with Crippen molar-refractivity contribution in [1.82, 2.24) is 14.5 Å². The zero-order valence-electron chi connectivity index (χ0n) is 15.1. The molecule has 1 aromatic carbocycles. The number of rotatable bonds is 5. The smallest absolute Gasteiger partial charge is 0.243 e. The second-order valence-electron chi connectivity index (χ2n) is 6.72. The molecule has 27 heavy (non-hydrogen) atoms. The van der Waals surface area contributed by atoms with E-state index in [0.29, 0.717) is 36.1 Å². The quantitative estimate of drug-likeness (QED) is 0.788. The number of nitrogens with zero attached hydrogens (tertiary/aromatic N) is 3. The first kappa shape index (κ1) is 20.2. The van der Waals surface area contributed by atoms with Gasteiger partial charge < -0.3 is 5.32 Å². The Morgan fingerprint density at radius 2 is 1.85 bits per heavy atom. The first-order chi connectivity index (χ1) is 12.8. The minimum atomic E-state index is -3.57. The van der Waals surface area contributed by atoms with Crippen molar-refractivity contribution < 1.29 is 13.2 Å². The highest BCUT2D eigenvalue weighted by molar-refractivity contribution is 7.89. The summed E-state index contributed by atoms with van der Waals surface area (Å²) in [5, 5.41) is 12.7. The molecule has 146 valence electrons. The van der Waals surface area contributed by atoms with Gasteiger partial charge in [0, 0.05) is 29.9 Å². The van der Waals surface area contributed by atoms with E-state index in [1.54, 1.807) is 12.1 Å². The number of hydrogen-bond acceptors (Lipinski definition) is 6. The number of piperidine rings is 1. The molecule has 10 heteroatoms. The van der Waals surface area contributed by atoms with Crippen LogP contribution < -0.4 is 5.32 Å². The molecule has 7 nitrogen and oxygen atoms in total. The summed E-state index contributed by atoms with van der Waals surface area (Å²) in [6, 6.07) is 6.11. The van der Waals surface area contributed by atoms with Crippen LogP contribution in [0.5, 0.6) is 0 Å². The number of anilines is 1. The summed E-state index contributed by atoms with van der Waals surface area (Å²) in [7, 11) is -3.57. The van der Waals surface area contributed by atoms with E-state index in [1.807, 2.05) is 13.8 Å². The van der Waals surface area contributed by atoms with Crippen LogP contribution in [0.25, 0.3) is 0 Å². The summed E-state index contributed by atoms with van der Waals surface area (Å²) in [5.74, 6) is -0.118. The van der Waals surface area contributed by atoms with Crippen molar-refractivity contribution in [2.24, 2.45) is 5.92 Å². The monoisotopic (exact) mass is 428 g/mol. The SMILES string of the molecule is CC(C)c1nnc(NC(=O)C2CCN(S(=O)(=O)c3ccc(Cl)cc3)CC2)s1. The van der Waals surface area contributed by atoms with Crippen LogP contribution >= 0.6 is 22.9 Å². The molecule has 1 N–H and O–H groups in total. The number of aromatic nitrogens is 2. The van der Waals surface area contributed by atoms with E-state index >= 15 is 0 Å². The van der Waals surface area contributed by atoms with Gasteiger partial charge in [-0.25, -0.2) is 8.42 Å². The maximum absolute atomic E-state index is 12.7. The van der Waals surface area contributed by atoms with Gasteiger partial charge in [0.05, 0.1) is 4.90 Å². The lowest BCUT2D eigenvalue weighted by Gasteiger charge is -2.30. The highest BCUT2D eigenvalue weighted by Crippen LogP contribution is 2.27. The van der Waals surface area contributed by atoms with Crippen molar-refractivity contribution in [2.45, 2.75) is 37.5 Å². The third-order valence-corrected chi connectivity index (χ3v) is 7.74. The molecule has 1 amide bonds. The molecular formula is C17H21ClN4O3S2. The first-order valence-corrected chi connectivity index (χ1v) is 11.3. The lowest BCUT2D eigenvalue weighted by molar-refractivity contribution is -0.120. The fraction of sp³-hybridized carbons (Fsp3) is 0.471. The Labute approximate surface area is 167 Å². The van der Waals surface area contributed by atoms with E-state index in [4.69, 9.17) is 11.6 Å². The molecule has 0 spiro atoms. The molecule has 1 fully saturated rings. The van der Waals surface area contributed by atoms with Gasteiger partial charge in [-0.15, -0.1) is 10.2 Å². The Morgan fingerprint density at radius 3 is 2.41 bits per heavy atom. The van der Waals surface area contributed by atoms with E-state index in [9.17, 15) is 13.2 Å². The lowest BCUT2D eigenvalue weighted by Crippen LogP contribution is -2.41. The fourth-order valence-corrected chi connectivity index (χ4v) is 5.18. The minimum absolute atomic E-state index is 0.134. The predicted octanol–water partition coefficient (Wildman–Crippen LogP) is 3.35. The summed E-state index contributed by atoms with van der Waals surface area (Å²) in [6.07, 6.45) is 0.934. The standard InChI is InChI=1S/C17H21ClN4O3S2/c1-11(2)16-20-21-17(26-16)19-15(23)12-7-9-22(10-8-12)27(24,25)14-5-3-13(18)4-6-14/h3-6,11-12H,7-10H2,1-2H3,(H,19,21,23). The summed E-state index contributed by atoms with van der Waals surface area (Å²) in [4.78, 5) is 12.7. The Hall–Kier alpha value is -1.55. The Morgan fingerprint density at radius 1 is 1.22 bits per heavy atom. The zero-order chi connectivity index (χ0) is 19.6. The fourth-order valence-electron chi connectivity index (χ4n) is 2.84. The second-order valence-corrected chi connectivity index (χ2v) is 10.1. The van der Waals surface area contributed by atoms with Crippen LogP contribution in [0.3, 0.4) is 0 Å². The van der Waals surface area contributed by atoms with Gasteiger partial charge in [0.2, 0.25) is 21.1 Å². The number of carbonyl (C=O) groups is 1. The van der Waals surface area contributed by atoms with E-state index < -0.39 is 10.0 Å². The van der Waals surface area contributed by atoms with Gasteiger partial charge >= 0.3 is 0 Å². The average Bonchev–Trinajstić information content (AvgIpc) is 3.11. The van der Waals surface area contributed by atoms with Crippen molar-refractivity contribution in [3.63, 3.8) is 0 Å². The molecule has 1 aliphatic heterocycles.